The number of hydrogen-bond donors (Lipinski definition) is 2. The zero-order chi connectivity index (χ0) is 19.6. The minimum atomic E-state index is -0.443. The van der Waals surface area contributed by atoms with E-state index >= 15 is 0 Å². The van der Waals surface area contributed by atoms with E-state index in [-0.39, 0.29) is 5.69 Å². The molecule has 0 spiro atoms. The maximum Gasteiger partial charge on any atom is 0.269 e. The highest BCUT2D eigenvalue weighted by Crippen LogP contribution is 2.13. The van der Waals surface area contributed by atoms with E-state index in [0.717, 1.165) is 16.9 Å². The number of ether oxygens (including phenoxy) is 1. The van der Waals surface area contributed by atoms with Crippen LogP contribution in [0.4, 0.5) is 5.69 Å². The number of hydrazone groups is 1. The smallest absolute Gasteiger partial charge is 0.269 e. The monoisotopic (exact) mass is 386 g/mol. The molecule has 0 bridgehead atoms. The maximum atomic E-state index is 10.6. The van der Waals surface area contributed by atoms with Gasteiger partial charge < -0.3 is 10.1 Å². The molecule has 0 saturated carbocycles. The number of non-ortho nitro benzene ring substituents is 1. The van der Waals surface area contributed by atoms with Crippen LogP contribution in [0.25, 0.3) is 0 Å². The van der Waals surface area contributed by atoms with Crippen LogP contribution < -0.4 is 15.5 Å². The number of nitrogens with zero attached hydrogens (tertiary/aromatic N) is 2. The fourth-order valence-corrected chi connectivity index (χ4v) is 2.16. The summed E-state index contributed by atoms with van der Waals surface area (Å²) in [7, 11) is 0. The highest BCUT2D eigenvalue weighted by atomic mass is 32.1. The van der Waals surface area contributed by atoms with Gasteiger partial charge in [0.1, 0.15) is 5.75 Å². The molecular formula is C19H22N4O3S. The SMILES string of the molecule is CC(C)COc1ccc(CNC(=S)N/N=C\c2ccc([N+](=O)[O-])cc2)cc1. The van der Waals surface area contributed by atoms with Crippen LogP contribution in [-0.2, 0) is 6.54 Å². The maximum absolute atomic E-state index is 10.6. The number of nitro groups is 1. The Morgan fingerprint density at radius 3 is 2.48 bits per heavy atom. The van der Waals surface area contributed by atoms with E-state index in [1.54, 1.807) is 18.3 Å². The van der Waals surface area contributed by atoms with E-state index in [4.69, 9.17) is 17.0 Å². The van der Waals surface area contributed by atoms with Crippen LogP contribution in [0.1, 0.15) is 25.0 Å². The van der Waals surface area contributed by atoms with Crippen molar-refractivity contribution >= 4 is 29.2 Å². The average molecular weight is 386 g/mol. The fraction of sp³-hybridized carbons (Fsp3) is 0.263. The lowest BCUT2D eigenvalue weighted by molar-refractivity contribution is -0.384. The second-order valence-electron chi connectivity index (χ2n) is 6.25. The Hall–Kier alpha value is -3.00. The summed E-state index contributed by atoms with van der Waals surface area (Å²) in [5, 5.41) is 18.1. The molecular weight excluding hydrogens is 364 g/mol. The van der Waals surface area contributed by atoms with E-state index < -0.39 is 4.92 Å². The van der Waals surface area contributed by atoms with Crippen LogP contribution >= 0.6 is 12.2 Å². The molecule has 2 aromatic carbocycles. The van der Waals surface area contributed by atoms with Gasteiger partial charge in [-0.25, -0.2) is 0 Å². The summed E-state index contributed by atoms with van der Waals surface area (Å²) in [6, 6.07) is 13.9. The summed E-state index contributed by atoms with van der Waals surface area (Å²) in [6.07, 6.45) is 1.54. The number of rotatable bonds is 8. The molecule has 0 atom stereocenters. The third-order valence-corrected chi connectivity index (χ3v) is 3.68. The zero-order valence-corrected chi connectivity index (χ0v) is 16.0. The van der Waals surface area contributed by atoms with Gasteiger partial charge in [0.05, 0.1) is 17.7 Å². The molecule has 0 radical (unpaired) electrons. The molecule has 2 N–H and O–H groups in total. The Morgan fingerprint density at radius 2 is 1.89 bits per heavy atom. The van der Waals surface area contributed by atoms with Gasteiger partial charge in [-0.3, -0.25) is 15.5 Å². The van der Waals surface area contributed by atoms with Gasteiger partial charge in [0.15, 0.2) is 5.11 Å². The van der Waals surface area contributed by atoms with Crippen LogP contribution in [-0.4, -0.2) is 22.9 Å². The zero-order valence-electron chi connectivity index (χ0n) is 15.2. The van der Waals surface area contributed by atoms with Gasteiger partial charge in [-0.2, -0.15) is 5.10 Å². The van der Waals surface area contributed by atoms with Gasteiger partial charge in [-0.1, -0.05) is 26.0 Å². The summed E-state index contributed by atoms with van der Waals surface area (Å²) in [6.45, 7) is 5.47. The topological polar surface area (TPSA) is 88.8 Å². The number of nitro benzene ring substituents is 1. The average Bonchev–Trinajstić information content (AvgIpc) is 2.66. The molecule has 0 amide bonds. The molecule has 0 aromatic heterocycles. The van der Waals surface area contributed by atoms with E-state index in [9.17, 15) is 10.1 Å². The third-order valence-electron chi connectivity index (χ3n) is 3.44. The van der Waals surface area contributed by atoms with Crippen molar-refractivity contribution in [2.45, 2.75) is 20.4 Å². The first-order valence-corrected chi connectivity index (χ1v) is 8.88. The number of thiocarbonyl (C=S) groups is 1. The molecule has 0 heterocycles. The Labute approximate surface area is 163 Å². The molecule has 142 valence electrons. The minimum absolute atomic E-state index is 0.0397. The Morgan fingerprint density at radius 1 is 1.22 bits per heavy atom. The van der Waals surface area contributed by atoms with Crippen molar-refractivity contribution in [3.63, 3.8) is 0 Å². The molecule has 2 rings (SSSR count). The van der Waals surface area contributed by atoms with Gasteiger partial charge in [0, 0.05) is 18.7 Å². The molecule has 0 saturated heterocycles. The molecule has 0 unspecified atom stereocenters. The van der Waals surface area contributed by atoms with Crippen molar-refractivity contribution in [2.24, 2.45) is 11.0 Å². The van der Waals surface area contributed by atoms with E-state index in [1.807, 2.05) is 24.3 Å². The van der Waals surface area contributed by atoms with Crippen LogP contribution in [0, 0.1) is 16.0 Å². The molecule has 0 aliphatic rings. The predicted octanol–water partition coefficient (Wildman–Crippen LogP) is 3.63. The molecule has 0 aliphatic carbocycles. The van der Waals surface area contributed by atoms with Crippen molar-refractivity contribution in [1.29, 1.82) is 0 Å². The minimum Gasteiger partial charge on any atom is -0.493 e. The first kappa shape index (κ1) is 20.3. The predicted molar refractivity (Wildman–Crippen MR) is 110 cm³/mol. The lowest BCUT2D eigenvalue weighted by Gasteiger charge is -2.10. The molecule has 2 aromatic rings. The summed E-state index contributed by atoms with van der Waals surface area (Å²) in [4.78, 5) is 10.2. The molecule has 27 heavy (non-hydrogen) atoms. The van der Waals surface area contributed by atoms with Gasteiger partial charge in [-0.15, -0.1) is 0 Å². The number of benzene rings is 2. The van der Waals surface area contributed by atoms with E-state index in [0.29, 0.717) is 24.2 Å². The summed E-state index contributed by atoms with van der Waals surface area (Å²) >= 11 is 5.17. The quantitative estimate of drug-likeness (QED) is 0.312. The Kier molecular flexibility index (Phi) is 7.69. The molecule has 7 nitrogen and oxygen atoms in total. The third kappa shape index (κ3) is 7.41. The first-order valence-electron chi connectivity index (χ1n) is 8.47. The largest absolute Gasteiger partial charge is 0.493 e. The van der Waals surface area contributed by atoms with Crippen molar-refractivity contribution in [1.82, 2.24) is 10.7 Å². The van der Waals surface area contributed by atoms with Crippen LogP contribution in [0.15, 0.2) is 53.6 Å². The molecule has 0 fully saturated rings. The lowest BCUT2D eigenvalue weighted by atomic mass is 10.2. The van der Waals surface area contributed by atoms with Crippen molar-refractivity contribution in [3.05, 3.63) is 69.8 Å². The van der Waals surface area contributed by atoms with Crippen LogP contribution in [0.2, 0.25) is 0 Å². The highest BCUT2D eigenvalue weighted by Gasteiger charge is 2.02. The molecule has 8 heteroatoms. The van der Waals surface area contributed by atoms with Gasteiger partial charge >= 0.3 is 0 Å². The normalized spacial score (nSPS) is 10.8. The van der Waals surface area contributed by atoms with E-state index in [1.165, 1.54) is 12.1 Å². The van der Waals surface area contributed by atoms with Crippen molar-refractivity contribution in [2.75, 3.05) is 6.61 Å². The second kappa shape index (κ2) is 10.2. The number of nitrogens with one attached hydrogen (secondary N) is 2. The second-order valence-corrected chi connectivity index (χ2v) is 6.66. The fourth-order valence-electron chi connectivity index (χ4n) is 2.04. The summed E-state index contributed by atoms with van der Waals surface area (Å²) in [5.41, 5.74) is 4.55. The lowest BCUT2D eigenvalue weighted by Crippen LogP contribution is -2.31. The van der Waals surface area contributed by atoms with Gasteiger partial charge in [0.25, 0.3) is 5.69 Å². The first-order chi connectivity index (χ1) is 12.9. The van der Waals surface area contributed by atoms with Crippen LogP contribution in [0.5, 0.6) is 5.75 Å². The highest BCUT2D eigenvalue weighted by molar-refractivity contribution is 7.80. The van der Waals surface area contributed by atoms with Crippen molar-refractivity contribution in [3.8, 4) is 5.75 Å². The van der Waals surface area contributed by atoms with E-state index in [2.05, 4.69) is 29.7 Å². The standard InChI is InChI=1S/C19H22N4O3S/c1-14(2)13-26-18-9-5-15(6-10-18)11-20-19(27)22-21-12-16-3-7-17(8-4-16)23(24)25/h3-10,12,14H,11,13H2,1-2H3,(H2,20,22,27)/b21-12-. The Balaban J connectivity index is 1.74. The van der Waals surface area contributed by atoms with Crippen LogP contribution in [0.3, 0.4) is 0 Å². The van der Waals surface area contributed by atoms with Gasteiger partial charge in [0.2, 0.25) is 0 Å². The summed E-state index contributed by atoms with van der Waals surface area (Å²) in [5.74, 6) is 1.34. The summed E-state index contributed by atoms with van der Waals surface area (Å²) < 4.78 is 5.65. The van der Waals surface area contributed by atoms with Crippen molar-refractivity contribution < 1.29 is 9.66 Å². The Bertz CT molecular complexity index is 790. The van der Waals surface area contributed by atoms with Gasteiger partial charge in [-0.05, 0) is 53.5 Å². The molecule has 0 aliphatic heterocycles. The number of hydrogen-bond acceptors (Lipinski definition) is 5.